The van der Waals surface area contributed by atoms with Gasteiger partial charge in [0, 0.05) is 11.4 Å². The van der Waals surface area contributed by atoms with Gasteiger partial charge in [0.15, 0.2) is 6.10 Å². The van der Waals surface area contributed by atoms with E-state index in [0.717, 1.165) is 5.56 Å². The van der Waals surface area contributed by atoms with Crippen LogP contribution in [-0.2, 0) is 16.0 Å². The molecule has 0 aromatic heterocycles. The van der Waals surface area contributed by atoms with Crippen LogP contribution < -0.4 is 10.1 Å². The lowest BCUT2D eigenvalue weighted by Gasteiger charge is -2.50. The largest absolute Gasteiger partial charge is 0.480 e. The smallest absolute Gasteiger partial charge is 0.329 e. The number of carboxylic acids is 1. The van der Waals surface area contributed by atoms with Gasteiger partial charge in [0.1, 0.15) is 11.3 Å². The second-order valence-electron chi connectivity index (χ2n) is 7.30. The van der Waals surface area contributed by atoms with Crippen LogP contribution in [0.4, 0.5) is 0 Å². The Morgan fingerprint density at radius 3 is 2.62 bits per heavy atom. The van der Waals surface area contributed by atoms with E-state index in [0.29, 0.717) is 41.9 Å². The van der Waals surface area contributed by atoms with Crippen molar-refractivity contribution in [3.05, 3.63) is 28.8 Å². The predicted octanol–water partition coefficient (Wildman–Crippen LogP) is 2.79. The molecule has 1 heterocycles. The lowest BCUT2D eigenvalue weighted by Crippen LogP contribution is -2.65. The third kappa shape index (κ3) is 2.55. The zero-order valence-corrected chi connectivity index (χ0v) is 14.0. The van der Waals surface area contributed by atoms with Gasteiger partial charge < -0.3 is 15.2 Å². The average molecular weight is 350 g/mol. The molecule has 1 aliphatic heterocycles. The first kappa shape index (κ1) is 15.8. The van der Waals surface area contributed by atoms with E-state index in [9.17, 15) is 14.7 Å². The van der Waals surface area contributed by atoms with Crippen LogP contribution in [-0.4, -0.2) is 28.6 Å². The molecule has 6 heteroatoms. The Balaban J connectivity index is 1.41. The number of aliphatic carboxylic acids is 1. The fourth-order valence-corrected chi connectivity index (χ4v) is 4.28. The maximum absolute atomic E-state index is 12.5. The van der Waals surface area contributed by atoms with Gasteiger partial charge in [-0.25, -0.2) is 4.79 Å². The number of fused-ring (bicyclic) bond motifs is 1. The van der Waals surface area contributed by atoms with E-state index in [4.69, 9.17) is 16.3 Å². The van der Waals surface area contributed by atoms with Gasteiger partial charge in [0.25, 0.3) is 5.91 Å². The molecule has 24 heavy (non-hydrogen) atoms. The summed E-state index contributed by atoms with van der Waals surface area (Å²) < 4.78 is 5.66. The van der Waals surface area contributed by atoms with E-state index in [1.807, 2.05) is 0 Å². The number of hydrogen-bond donors (Lipinski definition) is 2. The molecule has 0 bridgehead atoms. The number of carboxylic acid groups (broad SMARTS) is 1. The molecule has 1 unspecified atom stereocenters. The molecule has 0 spiro atoms. The molecule has 1 atom stereocenters. The van der Waals surface area contributed by atoms with E-state index < -0.39 is 17.6 Å². The number of amides is 1. The molecular weight excluding hydrogens is 330 g/mol. The Hall–Kier alpha value is -1.75. The summed E-state index contributed by atoms with van der Waals surface area (Å²) in [6.45, 7) is 0. The van der Waals surface area contributed by atoms with Crippen molar-refractivity contribution in [2.75, 3.05) is 0 Å². The zero-order valence-electron chi connectivity index (χ0n) is 13.3. The molecule has 2 fully saturated rings. The summed E-state index contributed by atoms with van der Waals surface area (Å²) in [5, 5.41) is 13.0. The van der Waals surface area contributed by atoms with Gasteiger partial charge in [-0.05, 0) is 48.4 Å². The zero-order chi connectivity index (χ0) is 16.9. The van der Waals surface area contributed by atoms with Crippen LogP contribution in [0.1, 0.15) is 37.7 Å². The maximum atomic E-state index is 12.5. The van der Waals surface area contributed by atoms with Crippen LogP contribution >= 0.6 is 11.6 Å². The molecular formula is C18H20ClNO4. The highest BCUT2D eigenvalue weighted by atomic mass is 35.5. The summed E-state index contributed by atoms with van der Waals surface area (Å²) in [6.07, 6.45) is 4.42. The van der Waals surface area contributed by atoms with Gasteiger partial charge in [0.05, 0.1) is 0 Å². The number of hydrogen-bond acceptors (Lipinski definition) is 3. The summed E-state index contributed by atoms with van der Waals surface area (Å²) in [5.41, 5.74) is -0.236. The van der Waals surface area contributed by atoms with Crippen LogP contribution in [0, 0.1) is 11.8 Å². The van der Waals surface area contributed by atoms with Crippen LogP contribution in [0.2, 0.25) is 5.02 Å². The Morgan fingerprint density at radius 1 is 1.25 bits per heavy atom. The number of carbonyl (C=O) groups excluding carboxylic acids is 1. The van der Waals surface area contributed by atoms with E-state index in [-0.39, 0.29) is 5.91 Å². The van der Waals surface area contributed by atoms with Crippen molar-refractivity contribution < 1.29 is 19.4 Å². The molecule has 0 radical (unpaired) electrons. The second kappa shape index (κ2) is 5.66. The van der Waals surface area contributed by atoms with Crippen molar-refractivity contribution in [2.24, 2.45) is 11.8 Å². The van der Waals surface area contributed by atoms with Crippen molar-refractivity contribution in [3.63, 3.8) is 0 Å². The Bertz CT molecular complexity index is 694. The third-order valence-electron chi connectivity index (χ3n) is 5.80. The number of halogens is 1. The van der Waals surface area contributed by atoms with Gasteiger partial charge >= 0.3 is 5.97 Å². The second-order valence-corrected chi connectivity index (χ2v) is 7.73. The highest BCUT2D eigenvalue weighted by molar-refractivity contribution is 6.30. The molecule has 1 amide bonds. The summed E-state index contributed by atoms with van der Waals surface area (Å²) >= 11 is 5.96. The normalized spacial score (nSPS) is 31.4. The maximum Gasteiger partial charge on any atom is 0.329 e. The summed E-state index contributed by atoms with van der Waals surface area (Å²) in [7, 11) is 0. The number of benzene rings is 1. The predicted molar refractivity (Wildman–Crippen MR) is 88.1 cm³/mol. The average Bonchev–Trinajstić information content (AvgIpc) is 2.85. The summed E-state index contributed by atoms with van der Waals surface area (Å²) in [4.78, 5) is 24.3. The molecule has 1 aromatic rings. The van der Waals surface area contributed by atoms with Crippen molar-refractivity contribution >= 4 is 23.5 Å². The minimum absolute atomic E-state index is 0.350. The molecule has 2 aliphatic carbocycles. The van der Waals surface area contributed by atoms with Gasteiger partial charge in [-0.15, -0.1) is 0 Å². The summed E-state index contributed by atoms with van der Waals surface area (Å²) in [6, 6.07) is 5.25. The van der Waals surface area contributed by atoms with E-state index >= 15 is 0 Å². The number of rotatable bonds is 4. The van der Waals surface area contributed by atoms with Gasteiger partial charge in [-0.2, -0.15) is 0 Å². The molecule has 4 rings (SSSR count). The molecule has 2 saturated carbocycles. The molecule has 1 aromatic carbocycles. The van der Waals surface area contributed by atoms with Crippen LogP contribution in [0.25, 0.3) is 0 Å². The first-order valence-corrected chi connectivity index (χ1v) is 8.85. The Labute approximate surface area is 145 Å². The SMILES string of the molecule is O=C(NC1(C(=O)O)CC(C2CCC2)C1)C1Cc2cc(Cl)ccc2O1. The first-order valence-electron chi connectivity index (χ1n) is 8.47. The van der Waals surface area contributed by atoms with Crippen molar-refractivity contribution in [1.29, 1.82) is 0 Å². The van der Waals surface area contributed by atoms with Crippen molar-refractivity contribution in [1.82, 2.24) is 5.32 Å². The third-order valence-corrected chi connectivity index (χ3v) is 6.03. The highest BCUT2D eigenvalue weighted by Gasteiger charge is 2.55. The quantitative estimate of drug-likeness (QED) is 0.876. The molecule has 2 N–H and O–H groups in total. The fourth-order valence-electron chi connectivity index (χ4n) is 4.09. The number of ether oxygens (including phenoxy) is 1. The Kier molecular flexibility index (Phi) is 3.71. The van der Waals surface area contributed by atoms with Crippen LogP contribution in [0.15, 0.2) is 18.2 Å². The van der Waals surface area contributed by atoms with Crippen LogP contribution in [0.3, 0.4) is 0 Å². The van der Waals surface area contributed by atoms with Crippen molar-refractivity contribution in [3.8, 4) is 5.75 Å². The van der Waals surface area contributed by atoms with Crippen molar-refractivity contribution in [2.45, 2.75) is 50.2 Å². The standard InChI is InChI=1S/C18H20ClNO4/c19-13-4-5-14-11(6-13)7-15(24-14)16(21)20-18(17(22)23)8-12(9-18)10-2-1-3-10/h4-6,10,12,15H,1-3,7-9H2,(H,20,21)(H,22,23). The fraction of sp³-hybridized carbons (Fsp3) is 0.556. The number of nitrogens with one attached hydrogen (secondary N) is 1. The molecule has 0 saturated heterocycles. The monoisotopic (exact) mass is 349 g/mol. The van der Waals surface area contributed by atoms with E-state index in [1.54, 1.807) is 18.2 Å². The molecule has 5 nitrogen and oxygen atoms in total. The molecule has 3 aliphatic rings. The Morgan fingerprint density at radius 2 is 2.00 bits per heavy atom. The minimum atomic E-state index is -1.12. The topological polar surface area (TPSA) is 75.6 Å². The highest BCUT2D eigenvalue weighted by Crippen LogP contribution is 2.49. The van der Waals surface area contributed by atoms with E-state index in [2.05, 4.69) is 5.32 Å². The minimum Gasteiger partial charge on any atom is -0.480 e. The first-order chi connectivity index (χ1) is 11.5. The van der Waals surface area contributed by atoms with Gasteiger partial charge in [-0.1, -0.05) is 30.9 Å². The van der Waals surface area contributed by atoms with Gasteiger partial charge in [0.2, 0.25) is 0 Å². The molecule has 128 valence electrons. The van der Waals surface area contributed by atoms with E-state index in [1.165, 1.54) is 19.3 Å². The summed E-state index contributed by atoms with van der Waals surface area (Å²) in [5.74, 6) is 0.422. The number of carbonyl (C=O) groups is 2. The lowest BCUT2D eigenvalue weighted by atomic mass is 9.58. The van der Waals surface area contributed by atoms with Gasteiger partial charge in [-0.3, -0.25) is 4.79 Å². The lowest BCUT2D eigenvalue weighted by molar-refractivity contribution is -0.157. The van der Waals surface area contributed by atoms with Crippen LogP contribution in [0.5, 0.6) is 5.75 Å².